The minimum atomic E-state index is -0.565. The van der Waals surface area contributed by atoms with Crippen LogP contribution < -0.4 is 29.1 Å². The van der Waals surface area contributed by atoms with Crippen LogP contribution in [0.1, 0.15) is 179 Å². The van der Waals surface area contributed by atoms with Crippen molar-refractivity contribution in [3.05, 3.63) is 302 Å². The van der Waals surface area contributed by atoms with Crippen molar-refractivity contribution in [2.45, 2.75) is 230 Å². The number of ether oxygens (including phenoxy) is 6. The Morgan fingerprint density at radius 3 is 1.08 bits per heavy atom. The van der Waals surface area contributed by atoms with Gasteiger partial charge in [0.1, 0.15) is 40.2 Å². The van der Waals surface area contributed by atoms with Crippen LogP contribution in [0.25, 0.3) is 105 Å². The highest BCUT2D eigenvalue weighted by Crippen LogP contribution is 2.49. The van der Waals surface area contributed by atoms with Gasteiger partial charge in [-0.15, -0.1) is 0 Å². The quantitative estimate of drug-likeness (QED) is 0.0712. The van der Waals surface area contributed by atoms with E-state index in [1.165, 1.54) is 33.0 Å². The molecule has 0 bridgehead atoms. The molecule has 18 rings (SSSR count). The van der Waals surface area contributed by atoms with E-state index in [1.54, 1.807) is 0 Å². The molecule has 0 aliphatic carbocycles. The highest BCUT2D eigenvalue weighted by Gasteiger charge is 2.53. The van der Waals surface area contributed by atoms with E-state index in [4.69, 9.17) is 37.7 Å². The van der Waals surface area contributed by atoms with Crippen molar-refractivity contribution in [3.8, 4) is 79.6 Å². The van der Waals surface area contributed by atoms with Crippen LogP contribution in [0, 0.1) is 48.5 Å². The Bertz CT molecular complexity index is 6460. The minimum Gasteiger partial charge on any atom is -0.505 e. The third kappa shape index (κ3) is 19.2. The van der Waals surface area contributed by atoms with Gasteiger partial charge in [0.25, 0.3) is 0 Å². The second kappa shape index (κ2) is 37.2. The highest BCUT2D eigenvalue weighted by atomic mass is 79.9. The molecule has 0 spiro atoms. The van der Waals surface area contributed by atoms with Gasteiger partial charge in [-0.2, -0.15) is 0 Å². The molecule has 0 amide bonds. The molecule has 16 heteroatoms. The van der Waals surface area contributed by atoms with Crippen LogP contribution in [0.4, 0.5) is 0 Å². The van der Waals surface area contributed by atoms with E-state index >= 15 is 0 Å². The zero-order valence-electron chi connectivity index (χ0n) is 79.1. The molecule has 1 unspecified atom stereocenters. The Morgan fingerprint density at radius 1 is 0.377 bits per heavy atom. The van der Waals surface area contributed by atoms with Crippen LogP contribution in [0.2, 0.25) is 0 Å². The molecule has 5 heterocycles. The second-order valence-electron chi connectivity index (χ2n) is 39.2. The van der Waals surface area contributed by atoms with E-state index < -0.39 is 18.3 Å². The fourth-order valence-electron chi connectivity index (χ4n) is 18.3. The van der Waals surface area contributed by atoms with Crippen molar-refractivity contribution < 1.29 is 47.9 Å². The zero-order valence-corrected chi connectivity index (χ0v) is 82.2. The monoisotopic (exact) mass is 1860 g/mol. The smallest absolute Gasteiger partial charge is 0.498 e. The Balaban J connectivity index is 0.000000159. The van der Waals surface area contributed by atoms with E-state index in [9.17, 15) is 10.2 Å². The van der Waals surface area contributed by atoms with Crippen molar-refractivity contribution in [2.75, 3.05) is 6.61 Å². The lowest BCUT2D eigenvalue weighted by Gasteiger charge is -2.32. The molecule has 3 aromatic heterocycles. The largest absolute Gasteiger partial charge is 0.505 e. The van der Waals surface area contributed by atoms with Gasteiger partial charge in [0, 0.05) is 79.3 Å². The number of aromatic hydroxyl groups is 2. The topological polar surface area (TPSA) is 129 Å². The first kappa shape index (κ1) is 92.1. The first-order chi connectivity index (χ1) is 61.8. The summed E-state index contributed by atoms with van der Waals surface area (Å²) in [5.41, 5.74) is 22.3. The zero-order chi connectivity index (χ0) is 92.3. The lowest BCUT2D eigenvalue weighted by atomic mass is 9.77. The molecule has 13 nitrogen and oxygen atoms in total. The van der Waals surface area contributed by atoms with Gasteiger partial charge in [-0.25, -0.2) is 0 Å². The summed E-state index contributed by atoms with van der Waals surface area (Å²) in [6.45, 7) is 45.5. The van der Waals surface area contributed by atoms with Crippen LogP contribution in [0.5, 0.6) is 40.2 Å². The molecule has 5 atom stereocenters. The van der Waals surface area contributed by atoms with Gasteiger partial charge in [-0.1, -0.05) is 168 Å². The molecule has 2 aliphatic rings. The predicted molar refractivity (Wildman–Crippen MR) is 545 cm³/mol. The summed E-state index contributed by atoms with van der Waals surface area (Å²) in [6.07, 6.45) is 3.71. The van der Waals surface area contributed by atoms with Crippen LogP contribution >= 0.6 is 31.9 Å². The van der Waals surface area contributed by atoms with Crippen molar-refractivity contribution in [1.82, 2.24) is 13.7 Å². The maximum atomic E-state index is 12.2. The van der Waals surface area contributed by atoms with Crippen molar-refractivity contribution in [2.24, 2.45) is 0 Å². The van der Waals surface area contributed by atoms with E-state index in [1.807, 2.05) is 72.8 Å². The number of phenolic OH excluding ortho intramolecular Hbond substituents is 2. The molecule has 0 radical (unpaired) electrons. The number of para-hydroxylation sites is 4. The third-order valence-corrected chi connectivity index (χ3v) is 26.9. The molecule has 670 valence electrons. The number of phenols is 2. The predicted octanol–water partition coefficient (Wildman–Crippen LogP) is 29.8. The van der Waals surface area contributed by atoms with Gasteiger partial charge >= 0.3 is 7.12 Å². The summed E-state index contributed by atoms with van der Waals surface area (Å²) >= 11 is 7.10. The molecule has 2 fully saturated rings. The first-order valence-electron chi connectivity index (χ1n) is 45.8. The van der Waals surface area contributed by atoms with Gasteiger partial charge in [0.05, 0.1) is 101 Å². The van der Waals surface area contributed by atoms with Gasteiger partial charge in [0.2, 0.25) is 0 Å². The van der Waals surface area contributed by atoms with Crippen molar-refractivity contribution in [3.63, 3.8) is 0 Å². The van der Waals surface area contributed by atoms with E-state index in [-0.39, 0.29) is 53.0 Å². The fourth-order valence-corrected chi connectivity index (χ4v) is 19.5. The number of aryl methyl sites for hydroxylation is 7. The summed E-state index contributed by atoms with van der Waals surface area (Å²) in [5.74, 6) is 4.26. The van der Waals surface area contributed by atoms with Crippen LogP contribution in [0.3, 0.4) is 0 Å². The maximum Gasteiger partial charge on any atom is 0.498 e. The van der Waals surface area contributed by atoms with E-state index in [2.05, 4.69) is 361 Å². The molecule has 0 saturated carbocycles. The number of fused-ring (bicyclic) bond motifs is 9. The minimum absolute atomic E-state index is 0.0319. The standard InChI is InChI=1S/C57H50N2O4.C38H50BNO4.C19H22Br2O2/c1-34-23-25-54(44(27-34)46-29-36(3)31-52(56(46)60)58-48-19-11-7-15-40(48)41-16-8-12-20-49(41)58)62-38(5)33-39(6)63-55-26-24-35(2)28-45(55)47-30-37(4)32-53(57(47)61)59-50-21-13-9-17-42(50)43-18-10-14-22-51(43)59;1-24-20-29(39-43-37(8,9)38(10,11)44-39)34(42-33-14-12-13-19-41-33)32(21-24)40-30-17-15-25(35(2,3)4)22-27(30)28-23-26(36(5,6)7)16-18-31(28)40;1-12-5-7-18(16(20)9-12)22-14(3)11-15(4)23-19-8-6-13(2)10-17(19)21/h7-32,38-39,60-61H,33H2,1-6H3;15-18,20-23,33H,12-14,19H2,1-11H3;5-10,14-15H,11H2,1-4H3/t38-,39+;;14-,15+. The summed E-state index contributed by atoms with van der Waals surface area (Å²) in [7, 11) is -0.565. The Hall–Kier alpha value is -11.2. The summed E-state index contributed by atoms with van der Waals surface area (Å²) in [4.78, 5) is 0. The van der Waals surface area contributed by atoms with Gasteiger partial charge in [-0.3, -0.25) is 0 Å². The average molecular weight is 1860 g/mol. The number of hydrogen-bond donors (Lipinski definition) is 2. The number of halogens is 2. The Kier molecular flexibility index (Phi) is 26.3. The van der Waals surface area contributed by atoms with Gasteiger partial charge < -0.3 is 61.6 Å². The van der Waals surface area contributed by atoms with Crippen LogP contribution in [0.15, 0.2) is 252 Å². The Labute approximate surface area is 784 Å². The third-order valence-electron chi connectivity index (χ3n) is 25.7. The molecule has 2 saturated heterocycles. The summed E-state index contributed by atoms with van der Waals surface area (Å²) in [5, 5.41) is 31.5. The number of hydrogen-bond acceptors (Lipinski definition) is 10. The molecule has 13 aromatic carbocycles. The molecular weight excluding hydrogens is 1740 g/mol. The van der Waals surface area contributed by atoms with Gasteiger partial charge in [-0.05, 0) is 326 Å². The molecular formula is C114H122BBr2N3O10. The van der Waals surface area contributed by atoms with E-state index in [0.29, 0.717) is 35.7 Å². The molecule has 130 heavy (non-hydrogen) atoms. The summed E-state index contributed by atoms with van der Waals surface area (Å²) < 4.78 is 60.6. The number of nitrogens with zero attached hydrogens (tertiary/aromatic N) is 3. The maximum absolute atomic E-state index is 12.2. The van der Waals surface area contributed by atoms with Crippen LogP contribution in [-0.2, 0) is 24.9 Å². The van der Waals surface area contributed by atoms with Gasteiger partial charge in [0.15, 0.2) is 6.29 Å². The fraction of sp³-hybridized carbons (Fsp3) is 0.316. The molecule has 16 aromatic rings. The first-order valence-corrected chi connectivity index (χ1v) is 47.4. The summed E-state index contributed by atoms with van der Waals surface area (Å²) in [6, 6.07) is 84.3. The Morgan fingerprint density at radius 2 is 0.708 bits per heavy atom. The van der Waals surface area contributed by atoms with E-state index in [0.717, 1.165) is 168 Å². The number of aromatic nitrogens is 3. The number of rotatable bonds is 20. The molecule has 2 N–H and O–H groups in total. The van der Waals surface area contributed by atoms with Crippen LogP contribution in [-0.4, -0.2) is 79.5 Å². The number of benzene rings is 13. The normalized spacial score (nSPS) is 15.5. The average Bonchev–Trinajstić information content (AvgIpc) is 1.57. The lowest BCUT2D eigenvalue weighted by molar-refractivity contribution is -0.105. The highest BCUT2D eigenvalue weighted by molar-refractivity contribution is 9.11. The SMILES string of the molecule is Cc1cc(B2OC(C)(C)C(C)(C)O2)c(OC2CCCCO2)c(-n2c3ccc(C(C)(C)C)cc3c3cc(C(C)(C)C)ccc32)c1.Cc1ccc(O[C@H](C)C[C@H](C)Oc2ccc(C)cc2-c2cc(C)cc(-n3c4ccccc4c4ccccc43)c2O)c(-c2cc(C)cc(-n3c4ccccc4c4ccccc43)c2O)c1.Cc1ccc(O[C@H](C)C[C@H](C)Oc2ccc(C)cc2Br)c(Br)c1. The van der Waals surface area contributed by atoms with Crippen molar-refractivity contribution >= 4 is 110 Å². The molecule has 2 aliphatic heterocycles. The lowest BCUT2D eigenvalue weighted by Crippen LogP contribution is -2.41. The second-order valence-corrected chi connectivity index (χ2v) is 40.9. The van der Waals surface area contributed by atoms with Crippen molar-refractivity contribution in [1.29, 1.82) is 0 Å².